The Balaban J connectivity index is 2.16. The van der Waals surface area contributed by atoms with Gasteiger partial charge in [0.05, 0.1) is 5.41 Å². The van der Waals surface area contributed by atoms with Crippen molar-refractivity contribution in [3.63, 3.8) is 0 Å². The first-order chi connectivity index (χ1) is 11.7. The van der Waals surface area contributed by atoms with Gasteiger partial charge in [-0.3, -0.25) is 4.79 Å². The molecule has 1 aliphatic carbocycles. The number of pyridine rings is 1. The van der Waals surface area contributed by atoms with E-state index in [0.29, 0.717) is 0 Å². The van der Waals surface area contributed by atoms with Gasteiger partial charge in [-0.05, 0) is 24.0 Å². The third-order valence-corrected chi connectivity index (χ3v) is 4.49. The highest BCUT2D eigenvalue weighted by molar-refractivity contribution is 5.80. The van der Waals surface area contributed by atoms with E-state index in [-0.39, 0.29) is 46.5 Å². The van der Waals surface area contributed by atoms with Gasteiger partial charge in [0.15, 0.2) is 0 Å². The number of nitrogens with two attached hydrogens (primary N) is 1. The van der Waals surface area contributed by atoms with E-state index in [2.05, 4.69) is 4.98 Å². The molecule has 0 atom stereocenters. The summed E-state index contributed by atoms with van der Waals surface area (Å²) in [5.41, 5.74) is 3.07. The van der Waals surface area contributed by atoms with Crippen molar-refractivity contribution >= 4 is 5.82 Å². The van der Waals surface area contributed by atoms with E-state index < -0.39 is 17.2 Å². The normalized spacial score (nSPS) is 15.2. The molecule has 3 rings (SSSR count). The first kappa shape index (κ1) is 16.6. The summed E-state index contributed by atoms with van der Waals surface area (Å²) < 4.78 is 39.6. The SMILES string of the molecule is N#Cc1c(N)[nH]c(=O)c(C#N)c1-c1ccc(C2(C(F)(F)F)CC2)cc1. The molecule has 8 heteroatoms. The van der Waals surface area contributed by atoms with Crippen molar-refractivity contribution in [3.05, 3.63) is 51.3 Å². The maximum atomic E-state index is 13.2. The van der Waals surface area contributed by atoms with Crippen LogP contribution < -0.4 is 11.3 Å². The van der Waals surface area contributed by atoms with Crippen LogP contribution in [0.3, 0.4) is 0 Å². The topological polar surface area (TPSA) is 106 Å². The van der Waals surface area contributed by atoms with Gasteiger partial charge >= 0.3 is 6.18 Å². The molecule has 1 aromatic heterocycles. The molecule has 0 saturated heterocycles. The molecule has 0 amide bonds. The zero-order valence-corrected chi connectivity index (χ0v) is 12.7. The molecule has 1 aromatic carbocycles. The summed E-state index contributed by atoms with van der Waals surface area (Å²) in [6.07, 6.45) is -4.28. The summed E-state index contributed by atoms with van der Waals surface area (Å²) in [6, 6.07) is 8.91. The number of H-pyrrole nitrogens is 1. The Hall–Kier alpha value is -3.26. The lowest BCUT2D eigenvalue weighted by Crippen LogP contribution is -2.28. The highest BCUT2D eigenvalue weighted by atomic mass is 19.4. The molecule has 1 fully saturated rings. The van der Waals surface area contributed by atoms with E-state index in [1.165, 1.54) is 24.3 Å². The summed E-state index contributed by atoms with van der Waals surface area (Å²) in [5, 5.41) is 18.5. The molecule has 1 saturated carbocycles. The van der Waals surface area contributed by atoms with Crippen LogP contribution in [0.4, 0.5) is 19.0 Å². The van der Waals surface area contributed by atoms with Crippen LogP contribution in [-0.2, 0) is 5.41 Å². The molecular formula is C17H11F3N4O. The Kier molecular flexibility index (Phi) is 3.57. The summed E-state index contributed by atoms with van der Waals surface area (Å²) >= 11 is 0. The van der Waals surface area contributed by atoms with Crippen LogP contribution in [0.2, 0.25) is 0 Å². The van der Waals surface area contributed by atoms with Crippen molar-refractivity contribution < 1.29 is 13.2 Å². The van der Waals surface area contributed by atoms with Gasteiger partial charge in [-0.25, -0.2) is 0 Å². The molecule has 3 N–H and O–H groups in total. The zero-order valence-electron chi connectivity index (χ0n) is 12.7. The largest absolute Gasteiger partial charge is 0.398 e. The molecule has 2 aromatic rings. The lowest BCUT2D eigenvalue weighted by atomic mass is 9.91. The number of aromatic nitrogens is 1. The van der Waals surface area contributed by atoms with Crippen molar-refractivity contribution in [2.75, 3.05) is 5.73 Å². The van der Waals surface area contributed by atoms with Crippen molar-refractivity contribution in [1.29, 1.82) is 10.5 Å². The number of hydrogen-bond acceptors (Lipinski definition) is 4. The first-order valence-corrected chi connectivity index (χ1v) is 7.29. The van der Waals surface area contributed by atoms with Crippen LogP contribution >= 0.6 is 0 Å². The smallest absolute Gasteiger partial charge is 0.384 e. The summed E-state index contributed by atoms with van der Waals surface area (Å²) in [7, 11) is 0. The summed E-state index contributed by atoms with van der Waals surface area (Å²) in [4.78, 5) is 14.1. The van der Waals surface area contributed by atoms with Gasteiger partial charge in [0, 0.05) is 5.56 Å². The molecule has 126 valence electrons. The fraction of sp³-hybridized carbons (Fsp3) is 0.235. The quantitative estimate of drug-likeness (QED) is 0.873. The summed E-state index contributed by atoms with van der Waals surface area (Å²) in [6.45, 7) is 0. The predicted octanol–water partition coefficient (Wildman–Crippen LogP) is 2.96. The zero-order chi connectivity index (χ0) is 18.4. The number of rotatable bonds is 2. The number of nitrogens with one attached hydrogen (secondary N) is 1. The van der Waals surface area contributed by atoms with Gasteiger partial charge in [-0.2, -0.15) is 23.7 Å². The van der Waals surface area contributed by atoms with Crippen molar-refractivity contribution in [2.24, 2.45) is 0 Å². The predicted molar refractivity (Wildman–Crippen MR) is 83.3 cm³/mol. The van der Waals surface area contributed by atoms with Crippen molar-refractivity contribution in [2.45, 2.75) is 24.4 Å². The Morgan fingerprint density at radius 2 is 1.64 bits per heavy atom. The average molecular weight is 344 g/mol. The first-order valence-electron chi connectivity index (χ1n) is 7.29. The molecule has 0 bridgehead atoms. The maximum absolute atomic E-state index is 13.2. The molecule has 5 nitrogen and oxygen atoms in total. The van der Waals surface area contributed by atoms with Crippen LogP contribution in [0.5, 0.6) is 0 Å². The average Bonchev–Trinajstić information content (AvgIpc) is 3.36. The minimum atomic E-state index is -4.33. The van der Waals surface area contributed by atoms with E-state index in [0.717, 1.165) is 0 Å². The number of benzene rings is 1. The number of halogens is 3. The second-order valence-corrected chi connectivity index (χ2v) is 5.87. The highest BCUT2D eigenvalue weighted by Gasteiger charge is 2.64. The lowest BCUT2D eigenvalue weighted by molar-refractivity contribution is -0.160. The number of aromatic amines is 1. The molecule has 1 heterocycles. The molecule has 0 aliphatic heterocycles. The minimum Gasteiger partial charge on any atom is -0.384 e. The van der Waals surface area contributed by atoms with E-state index in [1.807, 2.05) is 6.07 Å². The third-order valence-electron chi connectivity index (χ3n) is 4.49. The van der Waals surface area contributed by atoms with Crippen molar-refractivity contribution in [3.8, 4) is 23.3 Å². The van der Waals surface area contributed by atoms with Gasteiger partial charge < -0.3 is 10.7 Å². The van der Waals surface area contributed by atoms with E-state index in [9.17, 15) is 28.5 Å². The van der Waals surface area contributed by atoms with E-state index >= 15 is 0 Å². The molecule has 25 heavy (non-hydrogen) atoms. The Morgan fingerprint density at radius 1 is 1.08 bits per heavy atom. The van der Waals surface area contributed by atoms with Crippen molar-refractivity contribution in [1.82, 2.24) is 4.98 Å². The number of nitrogens with zero attached hydrogens (tertiary/aromatic N) is 2. The molecule has 0 radical (unpaired) electrons. The van der Waals surface area contributed by atoms with Crippen LogP contribution in [0.25, 0.3) is 11.1 Å². The third kappa shape index (κ3) is 2.43. The standard InChI is InChI=1S/C17H11F3N4O/c18-17(19,20)16(5-6-16)10-3-1-9(2-4-10)13-11(7-21)14(23)24-15(25)12(13)8-22/h1-4H,5-6H2,(H3,23,24,25). The highest BCUT2D eigenvalue weighted by Crippen LogP contribution is 2.58. The van der Waals surface area contributed by atoms with Crippen LogP contribution in [-0.4, -0.2) is 11.2 Å². The molecule has 1 aliphatic rings. The number of nitriles is 2. The fourth-order valence-electron chi connectivity index (χ4n) is 2.95. The van der Waals surface area contributed by atoms with Gasteiger partial charge in [-0.15, -0.1) is 0 Å². The molecule has 0 spiro atoms. The summed E-state index contributed by atoms with van der Waals surface area (Å²) in [5.74, 6) is -0.195. The van der Waals surface area contributed by atoms with Gasteiger partial charge in [0.25, 0.3) is 5.56 Å². The Labute approximate surface area is 140 Å². The number of nitrogen functional groups attached to an aromatic ring is 1. The van der Waals surface area contributed by atoms with Crippen LogP contribution in [0, 0.1) is 22.7 Å². The fourth-order valence-corrected chi connectivity index (χ4v) is 2.95. The maximum Gasteiger partial charge on any atom is 0.398 e. The number of hydrogen-bond donors (Lipinski definition) is 2. The molecular weight excluding hydrogens is 333 g/mol. The van der Waals surface area contributed by atoms with E-state index in [4.69, 9.17) is 5.73 Å². The number of anilines is 1. The Morgan fingerprint density at radius 3 is 2.08 bits per heavy atom. The molecule has 0 unspecified atom stereocenters. The lowest BCUT2D eigenvalue weighted by Gasteiger charge is -2.20. The van der Waals surface area contributed by atoms with Crippen LogP contribution in [0.1, 0.15) is 29.5 Å². The van der Waals surface area contributed by atoms with Gasteiger partial charge in [-0.1, -0.05) is 24.3 Å². The van der Waals surface area contributed by atoms with Gasteiger partial charge in [0.1, 0.15) is 29.1 Å². The van der Waals surface area contributed by atoms with E-state index in [1.54, 1.807) is 6.07 Å². The van der Waals surface area contributed by atoms with Gasteiger partial charge in [0.2, 0.25) is 0 Å². The second-order valence-electron chi connectivity index (χ2n) is 5.87. The van der Waals surface area contributed by atoms with Crippen LogP contribution in [0.15, 0.2) is 29.1 Å². The second kappa shape index (κ2) is 5.38. The Bertz CT molecular complexity index is 987. The monoisotopic (exact) mass is 344 g/mol. The number of alkyl halides is 3. The minimum absolute atomic E-state index is 0.0228.